The van der Waals surface area contributed by atoms with E-state index in [0.717, 1.165) is 30.4 Å². The predicted molar refractivity (Wildman–Crippen MR) is 197 cm³/mol. The molecule has 0 aromatic heterocycles. The molecule has 0 fully saturated rings. The fourth-order valence-corrected chi connectivity index (χ4v) is 10.6. The summed E-state index contributed by atoms with van der Waals surface area (Å²) in [6.45, 7) is 35.5. The molecule has 0 aliphatic heterocycles. The van der Waals surface area contributed by atoms with Crippen LogP contribution in [0.25, 0.3) is 16.7 Å². The Morgan fingerprint density at radius 3 is 2.20 bits per heavy atom. The Morgan fingerprint density at radius 2 is 1.67 bits per heavy atom. The van der Waals surface area contributed by atoms with Gasteiger partial charge in [0, 0.05) is 30.9 Å². The van der Waals surface area contributed by atoms with Crippen molar-refractivity contribution in [2.24, 2.45) is 33.8 Å². The number of hydrogen-bond donors (Lipinski definition) is 1. The maximum atomic E-state index is 6.55. The topological polar surface area (TPSA) is 29.3 Å². The Morgan fingerprint density at radius 1 is 1.04 bits per heavy atom. The Bertz CT molecular complexity index is 1660. The van der Waals surface area contributed by atoms with Crippen molar-refractivity contribution in [3.63, 3.8) is 0 Å². The summed E-state index contributed by atoms with van der Waals surface area (Å²) in [6.07, 6.45) is 5.66. The van der Waals surface area contributed by atoms with Crippen LogP contribution in [0.15, 0.2) is 83.6 Å². The van der Waals surface area contributed by atoms with Crippen LogP contribution < -0.4 is 10.6 Å². The maximum absolute atomic E-state index is 6.55. The molecule has 2 N–H and O–H groups in total. The molecule has 0 amide bonds. The first kappa shape index (κ1) is 33.1. The van der Waals surface area contributed by atoms with E-state index in [2.05, 4.69) is 118 Å². The van der Waals surface area contributed by atoms with Gasteiger partial charge in [0.05, 0.1) is 0 Å². The number of fused-ring (bicyclic) bond motifs is 3. The van der Waals surface area contributed by atoms with E-state index < -0.39 is 0 Å². The molecule has 2 heteroatoms. The van der Waals surface area contributed by atoms with Crippen molar-refractivity contribution in [3.05, 3.63) is 106 Å². The monoisotopic (exact) mass is 602 g/mol. The molecule has 0 spiro atoms. The lowest BCUT2D eigenvalue weighted by Crippen LogP contribution is -2.57. The smallest absolute Gasteiger partial charge is 0.0406 e. The molecule has 4 atom stereocenters. The number of anilines is 1. The van der Waals surface area contributed by atoms with Gasteiger partial charge < -0.3 is 10.6 Å². The number of aryl methyl sites for hydroxylation is 1. The number of nitrogens with two attached hydrogens (primary N) is 1. The molecule has 45 heavy (non-hydrogen) atoms. The Kier molecular flexibility index (Phi) is 8.25. The average molecular weight is 603 g/mol. The Hall–Kier alpha value is -3.26. The van der Waals surface area contributed by atoms with Gasteiger partial charge in [0.1, 0.15) is 0 Å². The number of unbranched alkanes of at least 4 members (excludes halogenated alkanes) is 1. The second-order valence-corrected chi connectivity index (χ2v) is 15.8. The summed E-state index contributed by atoms with van der Waals surface area (Å²) in [5.74, 6) is 0.827. The van der Waals surface area contributed by atoms with Gasteiger partial charge in [-0.3, -0.25) is 0 Å². The summed E-state index contributed by atoms with van der Waals surface area (Å²) in [5.41, 5.74) is 23.9. The van der Waals surface area contributed by atoms with Gasteiger partial charge in [-0.15, -0.1) is 0 Å². The van der Waals surface area contributed by atoms with Gasteiger partial charge in [0.2, 0.25) is 0 Å². The molecule has 3 aliphatic carbocycles. The summed E-state index contributed by atoms with van der Waals surface area (Å²) in [6, 6.07) is 11.7. The molecule has 2 aromatic carbocycles. The second kappa shape index (κ2) is 11.2. The normalized spacial score (nSPS) is 27.9. The molecule has 0 heterocycles. The van der Waals surface area contributed by atoms with E-state index in [-0.39, 0.29) is 16.2 Å². The van der Waals surface area contributed by atoms with E-state index in [0.29, 0.717) is 17.5 Å². The van der Waals surface area contributed by atoms with Crippen molar-refractivity contribution in [2.45, 2.75) is 94.4 Å². The molecule has 0 radical (unpaired) electrons. The van der Waals surface area contributed by atoms with Gasteiger partial charge in [-0.2, -0.15) is 0 Å². The van der Waals surface area contributed by atoms with Crippen LogP contribution in [-0.4, -0.2) is 14.1 Å². The molecular formula is C43H58N2. The van der Waals surface area contributed by atoms with Gasteiger partial charge in [0.25, 0.3) is 0 Å². The van der Waals surface area contributed by atoms with Crippen LogP contribution in [0, 0.1) is 35.0 Å². The zero-order valence-corrected chi connectivity index (χ0v) is 30.2. The third-order valence-corrected chi connectivity index (χ3v) is 12.5. The molecule has 2 nitrogen and oxygen atoms in total. The van der Waals surface area contributed by atoms with Gasteiger partial charge in [-0.05, 0) is 131 Å². The van der Waals surface area contributed by atoms with Crippen LogP contribution in [0.2, 0.25) is 0 Å². The van der Waals surface area contributed by atoms with Crippen LogP contribution in [-0.2, 0) is 12.8 Å². The Labute approximate surface area is 274 Å². The van der Waals surface area contributed by atoms with Crippen LogP contribution in [0.1, 0.15) is 96.9 Å². The van der Waals surface area contributed by atoms with Gasteiger partial charge in [-0.1, -0.05) is 103 Å². The lowest BCUT2D eigenvalue weighted by atomic mass is 9.38. The molecule has 0 unspecified atom stereocenters. The van der Waals surface area contributed by atoms with E-state index in [1.54, 1.807) is 0 Å². The fourth-order valence-electron chi connectivity index (χ4n) is 10.6. The third kappa shape index (κ3) is 4.64. The maximum Gasteiger partial charge on any atom is 0.0406 e. The van der Waals surface area contributed by atoms with Crippen molar-refractivity contribution in [1.82, 2.24) is 0 Å². The fraction of sp³-hybridized carbons (Fsp3) is 0.488. The highest BCUT2D eigenvalue weighted by atomic mass is 15.1. The number of benzene rings is 2. The van der Waals surface area contributed by atoms with E-state index in [4.69, 9.17) is 18.9 Å². The average Bonchev–Trinajstić information content (AvgIpc) is 2.93. The highest BCUT2D eigenvalue weighted by Gasteiger charge is 2.63. The summed E-state index contributed by atoms with van der Waals surface area (Å²) >= 11 is 0. The molecule has 3 aliphatic rings. The summed E-state index contributed by atoms with van der Waals surface area (Å²) in [4.78, 5) is 2.32. The first-order valence-corrected chi connectivity index (χ1v) is 17.2. The van der Waals surface area contributed by atoms with Gasteiger partial charge >= 0.3 is 0 Å². The van der Waals surface area contributed by atoms with E-state index >= 15 is 0 Å². The minimum absolute atomic E-state index is 0.0335. The number of nitrogens with zero attached hydrogens (tertiary/aromatic N) is 1. The molecular weight excluding hydrogens is 544 g/mol. The van der Waals surface area contributed by atoms with Crippen molar-refractivity contribution in [1.29, 1.82) is 0 Å². The predicted octanol–water partition coefficient (Wildman–Crippen LogP) is 11.0. The van der Waals surface area contributed by atoms with E-state index in [1.165, 1.54) is 74.2 Å². The summed E-state index contributed by atoms with van der Waals surface area (Å²) < 4.78 is 0. The van der Waals surface area contributed by atoms with Crippen LogP contribution in [0.4, 0.5) is 5.69 Å². The lowest BCUT2D eigenvalue weighted by molar-refractivity contribution is -0.0106. The zero-order chi connectivity index (χ0) is 33.4. The minimum atomic E-state index is -0.265. The number of rotatable bonds is 7. The SMILES string of the molecule is C=C(N)C1=C(C)[C@@H](C(C)C)[C@]2(C)C[C@]3(C)Cc4c(N(C)C)cc(-c5ccc(CCCC)cc5)c(C)c4C(=C)C3=C(C)[C@]2(C)C1=C. The zero-order valence-electron chi connectivity index (χ0n) is 30.2. The van der Waals surface area contributed by atoms with E-state index in [1.807, 2.05) is 0 Å². The van der Waals surface area contributed by atoms with Crippen LogP contribution in [0.5, 0.6) is 0 Å². The van der Waals surface area contributed by atoms with Crippen molar-refractivity contribution in [2.75, 3.05) is 19.0 Å². The molecule has 5 rings (SSSR count). The molecule has 0 saturated carbocycles. The van der Waals surface area contributed by atoms with Crippen molar-refractivity contribution in [3.8, 4) is 11.1 Å². The van der Waals surface area contributed by atoms with E-state index in [9.17, 15) is 0 Å². The highest BCUT2D eigenvalue weighted by Crippen LogP contribution is 2.72. The molecule has 240 valence electrons. The van der Waals surface area contributed by atoms with Crippen molar-refractivity contribution >= 4 is 11.3 Å². The minimum Gasteiger partial charge on any atom is -0.399 e. The first-order valence-electron chi connectivity index (χ1n) is 17.2. The summed E-state index contributed by atoms with van der Waals surface area (Å²) in [7, 11) is 4.39. The first-order chi connectivity index (χ1) is 21.0. The largest absolute Gasteiger partial charge is 0.399 e. The second-order valence-electron chi connectivity index (χ2n) is 15.8. The van der Waals surface area contributed by atoms with Crippen molar-refractivity contribution < 1.29 is 0 Å². The van der Waals surface area contributed by atoms with Gasteiger partial charge in [0.15, 0.2) is 0 Å². The quantitative estimate of drug-likeness (QED) is 0.342. The molecule has 0 saturated heterocycles. The third-order valence-electron chi connectivity index (χ3n) is 12.5. The summed E-state index contributed by atoms with van der Waals surface area (Å²) in [5, 5.41) is 0. The molecule has 2 aromatic rings. The van der Waals surface area contributed by atoms with Gasteiger partial charge in [-0.25, -0.2) is 0 Å². The standard InChI is InChI=1S/C43H58N2/c1-15-16-17-32-18-20-33(21-19-32)34-22-36(45(13)14)35-23-41(10)24-42(11)39(25(2)3)28(6)38(31(9)44)29(7)43(42,12)30(8)40(41)27(5)37(35)26(34)4/h18-22,25,39H,5,7,9,15-17,23-24,44H2,1-4,6,8,10-14H3/t39-,41+,42+,43+/m1/s1. The number of allylic oxidation sites excluding steroid dienone is 5. The lowest BCUT2D eigenvalue weighted by Gasteiger charge is -2.65. The Balaban J connectivity index is 1.76. The van der Waals surface area contributed by atoms with Crippen LogP contribution >= 0.6 is 0 Å². The highest BCUT2D eigenvalue weighted by molar-refractivity contribution is 5.92. The molecule has 0 bridgehead atoms. The number of hydrogen-bond acceptors (Lipinski definition) is 2. The van der Waals surface area contributed by atoms with Crippen LogP contribution in [0.3, 0.4) is 0 Å².